The maximum absolute atomic E-state index is 13.4. The molecule has 2 rings (SSSR count). The fourth-order valence-corrected chi connectivity index (χ4v) is 1.86. The lowest BCUT2D eigenvalue weighted by Gasteiger charge is -2.15. The number of halogens is 1. The van der Waals surface area contributed by atoms with Crippen LogP contribution in [0.15, 0.2) is 12.1 Å². The van der Waals surface area contributed by atoms with Gasteiger partial charge in [-0.25, -0.2) is 4.39 Å². The first-order valence-electron chi connectivity index (χ1n) is 4.90. The third-order valence-corrected chi connectivity index (χ3v) is 3.09. The Morgan fingerprint density at radius 3 is 2.67 bits per heavy atom. The van der Waals surface area contributed by atoms with E-state index in [1.54, 1.807) is 0 Å². The second-order valence-corrected chi connectivity index (χ2v) is 3.99. The second kappa shape index (κ2) is 3.38. The Bertz CT molecular complexity index is 388. The molecule has 1 aromatic carbocycles. The van der Waals surface area contributed by atoms with Gasteiger partial charge in [0.2, 0.25) is 0 Å². The first-order chi connectivity index (χ1) is 7.13. The minimum absolute atomic E-state index is 0.0593. The maximum atomic E-state index is 13.4. The van der Waals surface area contributed by atoms with E-state index in [2.05, 4.69) is 0 Å². The fourth-order valence-electron chi connectivity index (χ4n) is 1.86. The Kier molecular flexibility index (Phi) is 2.31. The van der Waals surface area contributed by atoms with E-state index in [0.717, 1.165) is 12.8 Å². The number of rotatable bonds is 3. The number of hydrogen-bond acceptors (Lipinski definition) is 3. The van der Waals surface area contributed by atoms with E-state index in [9.17, 15) is 9.50 Å². The Balaban J connectivity index is 2.45. The van der Waals surface area contributed by atoms with E-state index in [1.165, 1.54) is 19.2 Å². The predicted molar refractivity (Wildman–Crippen MR) is 54.6 cm³/mol. The summed E-state index contributed by atoms with van der Waals surface area (Å²) in [6.45, 7) is 0.437. The van der Waals surface area contributed by atoms with Gasteiger partial charge in [0.15, 0.2) is 11.6 Å². The van der Waals surface area contributed by atoms with E-state index in [-0.39, 0.29) is 16.9 Å². The van der Waals surface area contributed by atoms with E-state index in [0.29, 0.717) is 12.1 Å². The number of ether oxygens (including phenoxy) is 1. The summed E-state index contributed by atoms with van der Waals surface area (Å²) in [6, 6.07) is 2.63. The molecular formula is C11H14FNO2. The highest BCUT2D eigenvalue weighted by Gasteiger charge is 2.45. The van der Waals surface area contributed by atoms with Crippen LogP contribution in [-0.2, 0) is 5.41 Å². The third-order valence-electron chi connectivity index (χ3n) is 3.09. The SMILES string of the molecule is COc1cc(O)c(C2(CN)CC2)cc1F. The summed E-state index contributed by atoms with van der Waals surface area (Å²) < 4.78 is 18.2. The van der Waals surface area contributed by atoms with Crippen LogP contribution in [0.2, 0.25) is 0 Å². The van der Waals surface area contributed by atoms with Gasteiger partial charge in [-0.05, 0) is 18.9 Å². The van der Waals surface area contributed by atoms with Crippen LogP contribution in [-0.4, -0.2) is 18.8 Å². The van der Waals surface area contributed by atoms with Gasteiger partial charge in [0.05, 0.1) is 7.11 Å². The van der Waals surface area contributed by atoms with Gasteiger partial charge >= 0.3 is 0 Å². The van der Waals surface area contributed by atoms with Gasteiger partial charge in [-0.15, -0.1) is 0 Å². The maximum Gasteiger partial charge on any atom is 0.165 e. The van der Waals surface area contributed by atoms with Gasteiger partial charge < -0.3 is 15.6 Å². The lowest BCUT2D eigenvalue weighted by atomic mass is 9.95. The average Bonchev–Trinajstić information content (AvgIpc) is 3.01. The highest BCUT2D eigenvalue weighted by atomic mass is 19.1. The van der Waals surface area contributed by atoms with Crippen molar-refractivity contribution >= 4 is 0 Å². The molecule has 0 saturated heterocycles. The van der Waals surface area contributed by atoms with Gasteiger partial charge in [-0.3, -0.25) is 0 Å². The Morgan fingerprint density at radius 2 is 2.20 bits per heavy atom. The number of methoxy groups -OCH3 is 1. The smallest absolute Gasteiger partial charge is 0.165 e. The molecule has 1 saturated carbocycles. The van der Waals surface area contributed by atoms with Crippen molar-refractivity contribution in [2.24, 2.45) is 5.73 Å². The normalized spacial score (nSPS) is 17.5. The predicted octanol–water partition coefficient (Wildman–Crippen LogP) is 1.53. The summed E-state index contributed by atoms with van der Waals surface area (Å²) in [5.41, 5.74) is 6.01. The zero-order chi connectivity index (χ0) is 11.1. The summed E-state index contributed by atoms with van der Waals surface area (Å²) in [6.07, 6.45) is 1.81. The molecule has 0 bridgehead atoms. The van der Waals surface area contributed by atoms with E-state index in [4.69, 9.17) is 10.5 Å². The monoisotopic (exact) mass is 211 g/mol. The van der Waals surface area contributed by atoms with Crippen LogP contribution in [0.5, 0.6) is 11.5 Å². The van der Waals surface area contributed by atoms with Crippen LogP contribution < -0.4 is 10.5 Å². The number of phenols is 1. The number of hydrogen-bond donors (Lipinski definition) is 2. The molecule has 1 aliphatic carbocycles. The molecule has 3 nitrogen and oxygen atoms in total. The quantitative estimate of drug-likeness (QED) is 0.797. The van der Waals surface area contributed by atoms with E-state index < -0.39 is 5.82 Å². The molecule has 0 radical (unpaired) electrons. The van der Waals surface area contributed by atoms with Crippen molar-refractivity contribution in [1.29, 1.82) is 0 Å². The average molecular weight is 211 g/mol. The van der Waals surface area contributed by atoms with Crippen molar-refractivity contribution in [2.75, 3.05) is 13.7 Å². The summed E-state index contributed by atoms with van der Waals surface area (Å²) in [5.74, 6) is -0.328. The van der Waals surface area contributed by atoms with E-state index >= 15 is 0 Å². The first kappa shape index (κ1) is 10.2. The molecule has 4 heteroatoms. The molecule has 1 aromatic rings. The molecule has 1 fully saturated rings. The van der Waals surface area contributed by atoms with Gasteiger partial charge in [0.1, 0.15) is 5.75 Å². The van der Waals surface area contributed by atoms with Crippen LogP contribution >= 0.6 is 0 Å². The van der Waals surface area contributed by atoms with Crippen LogP contribution in [0.1, 0.15) is 18.4 Å². The molecule has 0 atom stereocenters. The molecule has 0 aliphatic heterocycles. The Labute approximate surface area is 87.7 Å². The van der Waals surface area contributed by atoms with E-state index in [1.807, 2.05) is 0 Å². The summed E-state index contributed by atoms with van der Waals surface area (Å²) in [7, 11) is 1.37. The van der Waals surface area contributed by atoms with Gasteiger partial charge in [-0.2, -0.15) is 0 Å². The molecular weight excluding hydrogens is 197 g/mol. The standard InChI is InChI=1S/C11H14FNO2/c1-15-10-5-9(14)7(4-8(10)12)11(6-13)2-3-11/h4-5,14H,2-3,6,13H2,1H3. The van der Waals surface area contributed by atoms with Crippen molar-refractivity contribution in [3.8, 4) is 11.5 Å². The molecule has 0 unspecified atom stereocenters. The Hall–Kier alpha value is -1.29. The highest BCUT2D eigenvalue weighted by Crippen LogP contribution is 2.51. The van der Waals surface area contributed by atoms with Gasteiger partial charge in [-0.1, -0.05) is 0 Å². The van der Waals surface area contributed by atoms with Crippen molar-refractivity contribution in [3.05, 3.63) is 23.5 Å². The summed E-state index contributed by atoms with van der Waals surface area (Å²) >= 11 is 0. The highest BCUT2D eigenvalue weighted by molar-refractivity contribution is 5.47. The topological polar surface area (TPSA) is 55.5 Å². The molecule has 0 amide bonds. The number of phenolic OH excluding ortho intramolecular Hbond substituents is 1. The number of aromatic hydroxyl groups is 1. The second-order valence-electron chi connectivity index (χ2n) is 3.99. The summed E-state index contributed by atoms with van der Waals surface area (Å²) in [5, 5.41) is 9.75. The molecule has 0 aromatic heterocycles. The zero-order valence-corrected chi connectivity index (χ0v) is 8.59. The van der Waals surface area contributed by atoms with Crippen LogP contribution in [0.4, 0.5) is 4.39 Å². The number of nitrogens with two attached hydrogens (primary N) is 1. The Morgan fingerprint density at radius 1 is 1.53 bits per heavy atom. The van der Waals surface area contributed by atoms with Crippen molar-refractivity contribution < 1.29 is 14.2 Å². The zero-order valence-electron chi connectivity index (χ0n) is 8.59. The van der Waals surface area contributed by atoms with Crippen molar-refractivity contribution in [2.45, 2.75) is 18.3 Å². The molecule has 82 valence electrons. The molecule has 3 N–H and O–H groups in total. The summed E-state index contributed by atoms with van der Waals surface area (Å²) in [4.78, 5) is 0. The third kappa shape index (κ3) is 1.55. The lowest BCUT2D eigenvalue weighted by Crippen LogP contribution is -2.20. The fraction of sp³-hybridized carbons (Fsp3) is 0.455. The first-order valence-corrected chi connectivity index (χ1v) is 4.90. The molecule has 1 aliphatic rings. The molecule has 0 heterocycles. The largest absolute Gasteiger partial charge is 0.508 e. The minimum Gasteiger partial charge on any atom is -0.508 e. The van der Waals surface area contributed by atoms with Gasteiger partial charge in [0.25, 0.3) is 0 Å². The van der Waals surface area contributed by atoms with Crippen molar-refractivity contribution in [1.82, 2.24) is 0 Å². The van der Waals surface area contributed by atoms with Crippen LogP contribution in [0.25, 0.3) is 0 Å². The molecule has 0 spiro atoms. The van der Waals surface area contributed by atoms with Crippen LogP contribution in [0, 0.1) is 5.82 Å². The van der Waals surface area contributed by atoms with Gasteiger partial charge in [0, 0.05) is 23.6 Å². The van der Waals surface area contributed by atoms with Crippen LogP contribution in [0.3, 0.4) is 0 Å². The minimum atomic E-state index is -0.454. The lowest BCUT2D eigenvalue weighted by molar-refractivity contribution is 0.377. The molecule has 15 heavy (non-hydrogen) atoms. The van der Waals surface area contributed by atoms with Crippen molar-refractivity contribution in [3.63, 3.8) is 0 Å². The number of benzene rings is 1.